The number of aromatic amines is 1. The lowest BCUT2D eigenvalue weighted by atomic mass is 10.1. The van der Waals surface area contributed by atoms with E-state index in [1.54, 1.807) is 17.5 Å². The molecule has 1 atom stereocenters. The van der Waals surface area contributed by atoms with Gasteiger partial charge in [0.05, 0.1) is 12.0 Å². The molecule has 4 rings (SSSR count). The lowest BCUT2D eigenvalue weighted by Gasteiger charge is -2.33. The number of anilines is 1. The molecule has 0 amide bonds. The van der Waals surface area contributed by atoms with Crippen LogP contribution >= 0.6 is 23.1 Å². The minimum absolute atomic E-state index is 0.0985. The van der Waals surface area contributed by atoms with Crippen LogP contribution in [0.1, 0.15) is 29.1 Å². The number of aryl methyl sites for hydroxylation is 1. The van der Waals surface area contributed by atoms with E-state index in [2.05, 4.69) is 25.3 Å². The van der Waals surface area contributed by atoms with Gasteiger partial charge in [-0.15, -0.1) is 10.2 Å². The first-order chi connectivity index (χ1) is 13.5. The van der Waals surface area contributed by atoms with Crippen molar-refractivity contribution in [1.82, 2.24) is 20.2 Å². The van der Waals surface area contributed by atoms with Crippen molar-refractivity contribution in [2.45, 2.75) is 24.6 Å². The molecule has 0 aliphatic carbocycles. The van der Waals surface area contributed by atoms with Gasteiger partial charge in [0.1, 0.15) is 21.7 Å². The smallest absolute Gasteiger partial charge is 0.230 e. The fourth-order valence-electron chi connectivity index (χ4n) is 3.00. The van der Waals surface area contributed by atoms with Crippen molar-refractivity contribution >= 4 is 33.3 Å². The highest BCUT2D eigenvalue weighted by Gasteiger charge is 2.49. The number of benzene rings is 1. The second kappa shape index (κ2) is 7.57. The Balaban J connectivity index is 1.86. The van der Waals surface area contributed by atoms with Crippen LogP contribution in [0, 0.1) is 18.6 Å². The van der Waals surface area contributed by atoms with Gasteiger partial charge < -0.3 is 10.7 Å². The van der Waals surface area contributed by atoms with Crippen molar-refractivity contribution in [1.29, 1.82) is 0 Å². The maximum atomic E-state index is 14.5. The number of imidazole rings is 1. The Morgan fingerprint density at radius 3 is 2.82 bits per heavy atom. The maximum absolute atomic E-state index is 14.5. The van der Waals surface area contributed by atoms with Gasteiger partial charge in [-0.25, -0.2) is 18.8 Å². The highest BCUT2D eigenvalue weighted by Crippen LogP contribution is 2.52. The molecule has 0 bridgehead atoms. The summed E-state index contributed by atoms with van der Waals surface area (Å²) in [5.74, 6) is -1.07. The number of nitrogens with two attached hydrogens (primary N) is 1. The molecule has 0 saturated heterocycles. The minimum Gasteiger partial charge on any atom is -0.351 e. The van der Waals surface area contributed by atoms with Crippen LogP contribution in [0.5, 0.6) is 0 Å². The molecule has 3 heterocycles. The quantitative estimate of drug-likeness (QED) is 0.634. The Labute approximate surface area is 168 Å². The summed E-state index contributed by atoms with van der Waals surface area (Å²) < 4.78 is 28.2. The van der Waals surface area contributed by atoms with Crippen molar-refractivity contribution in [2.75, 3.05) is 11.6 Å². The number of hydrogen-bond acceptors (Lipinski definition) is 8. The third-order valence-electron chi connectivity index (χ3n) is 4.27. The summed E-state index contributed by atoms with van der Waals surface area (Å²) >= 11 is 2.68. The van der Waals surface area contributed by atoms with Crippen LogP contribution in [0.3, 0.4) is 0 Å². The fourth-order valence-corrected chi connectivity index (χ4v) is 5.15. The number of nitrogens with one attached hydrogen (secondary N) is 1. The van der Waals surface area contributed by atoms with E-state index in [4.69, 9.17) is 5.73 Å². The van der Waals surface area contributed by atoms with Crippen LogP contribution < -0.4 is 10.7 Å². The summed E-state index contributed by atoms with van der Waals surface area (Å²) in [4.78, 5) is 6.60. The van der Waals surface area contributed by atoms with E-state index in [-0.39, 0.29) is 5.56 Å². The number of thioether (sulfide) groups is 1. The number of hydrogen-bond donors (Lipinski definition) is 2. The van der Waals surface area contributed by atoms with Gasteiger partial charge in [-0.05, 0) is 44.5 Å². The average Bonchev–Trinajstić information content (AvgIpc) is 3.41. The number of hydrazone groups is 1. The summed E-state index contributed by atoms with van der Waals surface area (Å²) in [6, 6.07) is 3.33. The standard InChI is InChI=1S/C17H17F2N7S2/c1-10-23-24-16(27-10)26-17(5-2-6-20,14-8-21-9-22-14)28-15(25-26)12-7-11(18)3-4-13(12)19/h3-4,7-9H,2,5-6,20H2,1H3,(H,21,22). The number of halogens is 2. The van der Waals surface area contributed by atoms with E-state index < -0.39 is 16.5 Å². The highest BCUT2D eigenvalue weighted by atomic mass is 32.2. The molecule has 0 saturated carbocycles. The van der Waals surface area contributed by atoms with E-state index in [0.717, 1.165) is 23.2 Å². The number of rotatable bonds is 6. The largest absolute Gasteiger partial charge is 0.351 e. The molecule has 3 N–H and O–H groups in total. The number of nitrogens with zero attached hydrogens (tertiary/aromatic N) is 5. The molecule has 28 heavy (non-hydrogen) atoms. The molecule has 0 spiro atoms. The molecule has 7 nitrogen and oxygen atoms in total. The van der Waals surface area contributed by atoms with Gasteiger partial charge in [-0.1, -0.05) is 23.1 Å². The molecule has 146 valence electrons. The summed E-state index contributed by atoms with van der Waals surface area (Å²) in [5, 5.41) is 16.3. The Hall–Kier alpha value is -2.37. The Bertz CT molecular complexity index is 1000. The van der Waals surface area contributed by atoms with E-state index in [0.29, 0.717) is 35.3 Å². The molecule has 3 aromatic rings. The number of H-pyrrole nitrogens is 1. The van der Waals surface area contributed by atoms with Gasteiger partial charge in [0.2, 0.25) is 5.13 Å². The first-order valence-electron chi connectivity index (χ1n) is 8.56. The lowest BCUT2D eigenvalue weighted by Crippen LogP contribution is -2.38. The molecule has 2 aromatic heterocycles. The van der Waals surface area contributed by atoms with Crippen LogP contribution in [0.15, 0.2) is 35.8 Å². The summed E-state index contributed by atoms with van der Waals surface area (Å²) in [6.07, 6.45) is 4.61. The predicted molar refractivity (Wildman–Crippen MR) is 106 cm³/mol. The Morgan fingerprint density at radius 2 is 2.14 bits per heavy atom. The SMILES string of the molecule is Cc1nnc(N2N=C(c3cc(F)ccc3F)SC2(CCCN)c2c[nH]cn2)s1. The zero-order chi connectivity index (χ0) is 19.7. The van der Waals surface area contributed by atoms with Gasteiger partial charge in [0.25, 0.3) is 0 Å². The van der Waals surface area contributed by atoms with Crippen molar-refractivity contribution in [3.05, 3.63) is 58.6 Å². The van der Waals surface area contributed by atoms with E-state index in [1.807, 2.05) is 6.92 Å². The normalized spacial score (nSPS) is 19.3. The first-order valence-corrected chi connectivity index (χ1v) is 10.2. The zero-order valence-corrected chi connectivity index (χ0v) is 16.5. The van der Waals surface area contributed by atoms with Crippen molar-refractivity contribution in [3.8, 4) is 0 Å². The van der Waals surface area contributed by atoms with Gasteiger partial charge in [-0.3, -0.25) is 0 Å². The molecular weight excluding hydrogens is 404 g/mol. The lowest BCUT2D eigenvalue weighted by molar-refractivity contribution is 0.515. The van der Waals surface area contributed by atoms with E-state index >= 15 is 0 Å². The van der Waals surface area contributed by atoms with Crippen molar-refractivity contribution < 1.29 is 8.78 Å². The van der Waals surface area contributed by atoms with Crippen LogP contribution in [0.25, 0.3) is 0 Å². The molecule has 0 radical (unpaired) electrons. The second-order valence-corrected chi connectivity index (χ2v) is 8.60. The van der Waals surface area contributed by atoms with Crippen LogP contribution in [-0.4, -0.2) is 31.8 Å². The minimum atomic E-state index is -0.792. The fraction of sp³-hybridized carbons (Fsp3) is 0.294. The Morgan fingerprint density at radius 1 is 1.29 bits per heavy atom. The molecule has 1 aromatic carbocycles. The third kappa shape index (κ3) is 3.29. The Kier molecular flexibility index (Phi) is 5.13. The third-order valence-corrected chi connectivity index (χ3v) is 6.51. The molecule has 0 fully saturated rings. The second-order valence-electron chi connectivity index (χ2n) is 6.18. The molecule has 11 heteroatoms. The van der Waals surface area contributed by atoms with E-state index in [1.165, 1.54) is 23.1 Å². The molecule has 1 aliphatic rings. The van der Waals surface area contributed by atoms with Gasteiger partial charge in [-0.2, -0.15) is 5.10 Å². The molecular formula is C17H17F2N7S2. The zero-order valence-electron chi connectivity index (χ0n) is 14.9. The highest BCUT2D eigenvalue weighted by molar-refractivity contribution is 8.15. The number of aromatic nitrogens is 4. The van der Waals surface area contributed by atoms with Crippen molar-refractivity contribution in [3.63, 3.8) is 0 Å². The monoisotopic (exact) mass is 421 g/mol. The van der Waals surface area contributed by atoms with Gasteiger partial charge in [0, 0.05) is 11.8 Å². The molecule has 1 aliphatic heterocycles. The van der Waals surface area contributed by atoms with Gasteiger partial charge >= 0.3 is 0 Å². The topological polar surface area (TPSA) is 96.1 Å². The van der Waals surface area contributed by atoms with Gasteiger partial charge in [0.15, 0.2) is 4.87 Å². The molecule has 1 unspecified atom stereocenters. The summed E-state index contributed by atoms with van der Waals surface area (Å²) in [5.41, 5.74) is 6.57. The average molecular weight is 422 g/mol. The maximum Gasteiger partial charge on any atom is 0.230 e. The van der Waals surface area contributed by atoms with Crippen molar-refractivity contribution in [2.24, 2.45) is 10.8 Å². The predicted octanol–water partition coefficient (Wildman–Crippen LogP) is 3.35. The summed E-state index contributed by atoms with van der Waals surface area (Å²) in [7, 11) is 0. The van der Waals surface area contributed by atoms with E-state index in [9.17, 15) is 8.78 Å². The first kappa shape index (κ1) is 19.0. The van der Waals surface area contributed by atoms with Crippen LogP contribution in [0.4, 0.5) is 13.9 Å². The van der Waals surface area contributed by atoms with Crippen LogP contribution in [-0.2, 0) is 4.87 Å². The summed E-state index contributed by atoms with van der Waals surface area (Å²) in [6.45, 7) is 2.32. The van der Waals surface area contributed by atoms with Crippen LogP contribution in [0.2, 0.25) is 0 Å².